The average Bonchev–Trinajstić information content (AvgIpc) is 2.06. The molecular weight excluding hydrogens is 207 g/mol. The largest absolute Gasteiger partial charge is 0.324 e. The van der Waals surface area contributed by atoms with E-state index >= 15 is 0 Å². The smallest absolute Gasteiger partial charge is 0.0318 e. The molecule has 1 aliphatic rings. The van der Waals surface area contributed by atoms with Gasteiger partial charge in [-0.15, -0.1) is 24.8 Å². The zero-order chi connectivity index (χ0) is 7.68. The molecule has 0 aromatic carbocycles. The van der Waals surface area contributed by atoms with Gasteiger partial charge in [-0.2, -0.15) is 0 Å². The summed E-state index contributed by atoms with van der Waals surface area (Å²) in [7, 11) is 0. The van der Waals surface area contributed by atoms with Gasteiger partial charge in [-0.25, -0.2) is 0 Å². The fraction of sp³-hybridized carbons (Fsp3) is 0.444. The molecule has 0 amide bonds. The molecule has 2 rings (SSSR count). The van der Waals surface area contributed by atoms with Crippen LogP contribution in [-0.4, -0.2) is 4.98 Å². The second-order valence-electron chi connectivity index (χ2n) is 3.07. The molecule has 1 heterocycles. The second-order valence-corrected chi connectivity index (χ2v) is 3.07. The van der Waals surface area contributed by atoms with Gasteiger partial charge in [0, 0.05) is 18.4 Å². The van der Waals surface area contributed by atoms with Crippen LogP contribution in [0.1, 0.15) is 30.0 Å². The maximum Gasteiger partial charge on any atom is 0.0318 e. The fourth-order valence-corrected chi connectivity index (χ4v) is 1.66. The summed E-state index contributed by atoms with van der Waals surface area (Å²) in [4.78, 5) is 4.07. The molecule has 1 atom stereocenters. The van der Waals surface area contributed by atoms with E-state index in [0.717, 1.165) is 6.42 Å². The lowest BCUT2D eigenvalue weighted by molar-refractivity contribution is 0.568. The number of halogens is 2. The fourth-order valence-electron chi connectivity index (χ4n) is 1.66. The summed E-state index contributed by atoms with van der Waals surface area (Å²) in [5.41, 5.74) is 8.54. The van der Waals surface area contributed by atoms with E-state index in [0.29, 0.717) is 0 Å². The normalized spacial score (nSPS) is 19.3. The van der Waals surface area contributed by atoms with Gasteiger partial charge < -0.3 is 5.73 Å². The Morgan fingerprint density at radius 1 is 1.38 bits per heavy atom. The lowest BCUT2D eigenvalue weighted by atomic mass is 9.90. The molecular formula is C9H14Cl2N2. The molecule has 0 saturated carbocycles. The van der Waals surface area contributed by atoms with Crippen LogP contribution in [-0.2, 0) is 6.42 Å². The molecule has 74 valence electrons. The molecule has 2 N–H and O–H groups in total. The highest BCUT2D eigenvalue weighted by atomic mass is 35.5. The highest BCUT2D eigenvalue weighted by Crippen LogP contribution is 2.26. The Labute approximate surface area is 90.8 Å². The molecule has 0 bridgehead atoms. The van der Waals surface area contributed by atoms with Crippen LogP contribution in [0.4, 0.5) is 0 Å². The number of aryl methyl sites for hydroxylation is 1. The zero-order valence-corrected chi connectivity index (χ0v) is 8.90. The molecule has 2 nitrogen and oxygen atoms in total. The molecule has 0 saturated heterocycles. The molecule has 1 aliphatic carbocycles. The Bertz CT molecular complexity index is 266. The summed E-state index contributed by atoms with van der Waals surface area (Å²) >= 11 is 0. The SMILES string of the molecule is Cl.Cl.N[C@H]1CCCc2ccncc21. The zero-order valence-electron chi connectivity index (χ0n) is 7.27. The minimum atomic E-state index is 0. The van der Waals surface area contributed by atoms with E-state index in [4.69, 9.17) is 5.73 Å². The molecule has 0 radical (unpaired) electrons. The van der Waals surface area contributed by atoms with Crippen molar-refractivity contribution in [1.29, 1.82) is 0 Å². The van der Waals surface area contributed by atoms with Crippen molar-refractivity contribution in [2.75, 3.05) is 0 Å². The van der Waals surface area contributed by atoms with Crippen LogP contribution in [0.3, 0.4) is 0 Å². The number of aromatic nitrogens is 1. The topological polar surface area (TPSA) is 38.9 Å². The van der Waals surface area contributed by atoms with Crippen molar-refractivity contribution >= 4 is 24.8 Å². The van der Waals surface area contributed by atoms with Gasteiger partial charge in [0.25, 0.3) is 0 Å². The number of fused-ring (bicyclic) bond motifs is 1. The summed E-state index contributed by atoms with van der Waals surface area (Å²) in [6, 6.07) is 2.31. The van der Waals surface area contributed by atoms with Gasteiger partial charge in [0.2, 0.25) is 0 Å². The Balaban J connectivity index is 0.000000720. The molecule has 0 unspecified atom stereocenters. The first kappa shape index (κ1) is 12.7. The van der Waals surface area contributed by atoms with Gasteiger partial charge in [-0.1, -0.05) is 0 Å². The molecule has 1 aromatic rings. The van der Waals surface area contributed by atoms with Crippen LogP contribution >= 0.6 is 24.8 Å². The van der Waals surface area contributed by atoms with Crippen molar-refractivity contribution in [3.63, 3.8) is 0 Å². The van der Waals surface area contributed by atoms with Crippen molar-refractivity contribution < 1.29 is 0 Å². The summed E-state index contributed by atoms with van der Waals surface area (Å²) in [6.07, 6.45) is 7.25. The summed E-state index contributed by atoms with van der Waals surface area (Å²) in [5, 5.41) is 0. The van der Waals surface area contributed by atoms with Gasteiger partial charge in [-0.3, -0.25) is 4.98 Å². The van der Waals surface area contributed by atoms with Crippen molar-refractivity contribution in [3.8, 4) is 0 Å². The highest BCUT2D eigenvalue weighted by molar-refractivity contribution is 5.85. The minimum absolute atomic E-state index is 0. The van der Waals surface area contributed by atoms with E-state index in [1.807, 2.05) is 12.4 Å². The molecule has 13 heavy (non-hydrogen) atoms. The molecule has 4 heteroatoms. The Kier molecular flexibility index (Phi) is 5.30. The standard InChI is InChI=1S/C9H12N2.2ClH/c10-9-3-1-2-7-4-5-11-6-8(7)9;;/h4-6,9H,1-3,10H2;2*1H/t9-;;/m0../s1. The molecule has 0 fully saturated rings. The van der Waals surface area contributed by atoms with Crippen molar-refractivity contribution in [2.45, 2.75) is 25.3 Å². The number of hydrogen-bond acceptors (Lipinski definition) is 2. The predicted molar refractivity (Wildman–Crippen MR) is 58.6 cm³/mol. The van der Waals surface area contributed by atoms with Crippen molar-refractivity contribution in [2.24, 2.45) is 5.73 Å². The van der Waals surface area contributed by atoms with E-state index in [2.05, 4.69) is 11.1 Å². The van der Waals surface area contributed by atoms with Crippen LogP contribution < -0.4 is 5.73 Å². The molecule has 0 spiro atoms. The van der Waals surface area contributed by atoms with Gasteiger partial charge in [-0.05, 0) is 36.5 Å². The van der Waals surface area contributed by atoms with E-state index in [9.17, 15) is 0 Å². The Morgan fingerprint density at radius 2 is 2.15 bits per heavy atom. The van der Waals surface area contributed by atoms with Crippen LogP contribution in [0, 0.1) is 0 Å². The summed E-state index contributed by atoms with van der Waals surface area (Å²) < 4.78 is 0. The first-order chi connectivity index (χ1) is 5.38. The Morgan fingerprint density at radius 3 is 2.85 bits per heavy atom. The quantitative estimate of drug-likeness (QED) is 0.729. The summed E-state index contributed by atoms with van der Waals surface area (Å²) in [6.45, 7) is 0. The number of nitrogens with two attached hydrogens (primary N) is 1. The van der Waals surface area contributed by atoms with Crippen LogP contribution in [0.15, 0.2) is 18.5 Å². The van der Waals surface area contributed by atoms with Crippen molar-refractivity contribution in [3.05, 3.63) is 29.6 Å². The number of hydrogen-bond donors (Lipinski definition) is 1. The third-order valence-corrected chi connectivity index (χ3v) is 2.31. The maximum absolute atomic E-state index is 5.91. The van der Waals surface area contributed by atoms with Gasteiger partial charge in [0.15, 0.2) is 0 Å². The number of pyridine rings is 1. The van der Waals surface area contributed by atoms with E-state index in [1.165, 1.54) is 24.0 Å². The highest BCUT2D eigenvalue weighted by Gasteiger charge is 2.15. The van der Waals surface area contributed by atoms with Gasteiger partial charge in [0.05, 0.1) is 0 Å². The predicted octanol–water partition coefficient (Wildman–Crippen LogP) is 2.26. The second kappa shape index (κ2) is 5.43. The molecule has 0 aliphatic heterocycles. The Hall–Kier alpha value is -0.310. The van der Waals surface area contributed by atoms with Crippen LogP contribution in [0.25, 0.3) is 0 Å². The lowest BCUT2D eigenvalue weighted by Crippen LogP contribution is -2.17. The number of rotatable bonds is 0. The number of nitrogens with zero attached hydrogens (tertiary/aromatic N) is 1. The van der Waals surface area contributed by atoms with Crippen LogP contribution in [0.5, 0.6) is 0 Å². The monoisotopic (exact) mass is 220 g/mol. The summed E-state index contributed by atoms with van der Waals surface area (Å²) in [5.74, 6) is 0. The van der Waals surface area contributed by atoms with E-state index < -0.39 is 0 Å². The maximum atomic E-state index is 5.91. The lowest BCUT2D eigenvalue weighted by Gasteiger charge is -2.20. The first-order valence-electron chi connectivity index (χ1n) is 4.06. The van der Waals surface area contributed by atoms with E-state index in [1.54, 1.807) is 0 Å². The van der Waals surface area contributed by atoms with E-state index in [-0.39, 0.29) is 30.9 Å². The third-order valence-electron chi connectivity index (χ3n) is 2.31. The van der Waals surface area contributed by atoms with Gasteiger partial charge >= 0.3 is 0 Å². The van der Waals surface area contributed by atoms with Crippen molar-refractivity contribution in [1.82, 2.24) is 4.98 Å². The minimum Gasteiger partial charge on any atom is -0.324 e. The third kappa shape index (κ3) is 2.56. The molecule has 1 aromatic heterocycles. The van der Waals surface area contributed by atoms with Crippen LogP contribution in [0.2, 0.25) is 0 Å². The van der Waals surface area contributed by atoms with Gasteiger partial charge in [0.1, 0.15) is 0 Å². The first-order valence-corrected chi connectivity index (χ1v) is 4.06. The average molecular weight is 221 g/mol.